The van der Waals surface area contributed by atoms with Gasteiger partial charge >= 0.3 is 5.97 Å². The van der Waals surface area contributed by atoms with Gasteiger partial charge in [0, 0.05) is 10.9 Å². The number of aryl methyl sites for hydroxylation is 1. The van der Waals surface area contributed by atoms with E-state index in [0.717, 1.165) is 10.9 Å². The number of carboxylic acids is 1. The van der Waals surface area contributed by atoms with Gasteiger partial charge in [0.1, 0.15) is 0 Å². The zero-order valence-electron chi connectivity index (χ0n) is 9.87. The molecular formula is C13H13ClO3. The summed E-state index contributed by atoms with van der Waals surface area (Å²) in [7, 11) is 0. The summed E-state index contributed by atoms with van der Waals surface area (Å²) in [5, 5.41) is 10.4. The first kappa shape index (κ1) is 12.0. The predicted molar refractivity (Wildman–Crippen MR) is 67.0 cm³/mol. The number of rotatable bonds is 2. The van der Waals surface area contributed by atoms with Crippen LogP contribution in [0.2, 0.25) is 5.02 Å². The number of carbonyl (C=O) groups is 1. The molecule has 0 atom stereocenters. The monoisotopic (exact) mass is 252 g/mol. The van der Waals surface area contributed by atoms with Gasteiger partial charge in [-0.25, -0.2) is 4.79 Å². The summed E-state index contributed by atoms with van der Waals surface area (Å²) >= 11 is 6.07. The molecule has 0 aliphatic heterocycles. The highest BCUT2D eigenvalue weighted by molar-refractivity contribution is 6.35. The Hall–Kier alpha value is -1.48. The number of aromatic carboxylic acids is 1. The number of fused-ring (bicyclic) bond motifs is 1. The molecule has 0 unspecified atom stereocenters. The lowest BCUT2D eigenvalue weighted by atomic mass is 9.98. The maximum atomic E-state index is 11.2. The molecule has 17 heavy (non-hydrogen) atoms. The van der Waals surface area contributed by atoms with Crippen LogP contribution in [0.15, 0.2) is 16.5 Å². The van der Waals surface area contributed by atoms with Crippen LogP contribution in [-0.2, 0) is 0 Å². The summed E-state index contributed by atoms with van der Waals surface area (Å²) in [6.45, 7) is 5.79. The van der Waals surface area contributed by atoms with E-state index in [1.807, 2.05) is 26.8 Å². The van der Waals surface area contributed by atoms with Crippen LogP contribution >= 0.6 is 11.6 Å². The smallest absolute Gasteiger partial charge is 0.372 e. The minimum Gasteiger partial charge on any atom is -0.475 e. The first-order chi connectivity index (χ1) is 7.91. The summed E-state index contributed by atoms with van der Waals surface area (Å²) < 4.78 is 5.38. The highest BCUT2D eigenvalue weighted by Crippen LogP contribution is 2.36. The molecule has 0 saturated heterocycles. The minimum absolute atomic E-state index is 0.0116. The molecule has 2 rings (SSSR count). The maximum absolute atomic E-state index is 11.2. The first-order valence-electron chi connectivity index (χ1n) is 5.37. The van der Waals surface area contributed by atoms with Crippen molar-refractivity contribution in [2.45, 2.75) is 26.7 Å². The molecule has 2 aromatic rings. The Morgan fingerprint density at radius 2 is 2.06 bits per heavy atom. The van der Waals surface area contributed by atoms with Crippen LogP contribution in [0.1, 0.15) is 41.4 Å². The van der Waals surface area contributed by atoms with Gasteiger partial charge < -0.3 is 9.52 Å². The molecule has 0 amide bonds. The summed E-state index contributed by atoms with van der Waals surface area (Å²) in [6, 6.07) is 3.68. The lowest BCUT2D eigenvalue weighted by Gasteiger charge is -2.04. The number of furan rings is 1. The normalized spacial score (nSPS) is 11.4. The highest BCUT2D eigenvalue weighted by atomic mass is 35.5. The number of benzene rings is 1. The third-order valence-electron chi connectivity index (χ3n) is 2.70. The quantitative estimate of drug-likeness (QED) is 0.871. The van der Waals surface area contributed by atoms with Gasteiger partial charge in [-0.3, -0.25) is 0 Å². The molecule has 0 saturated carbocycles. The lowest BCUT2D eigenvalue weighted by Crippen LogP contribution is -2.00. The van der Waals surface area contributed by atoms with Crippen molar-refractivity contribution < 1.29 is 14.3 Å². The summed E-state index contributed by atoms with van der Waals surface area (Å²) in [6.07, 6.45) is 0. The summed E-state index contributed by atoms with van der Waals surface area (Å²) in [5.41, 5.74) is 2.15. The summed E-state index contributed by atoms with van der Waals surface area (Å²) in [4.78, 5) is 11.2. The Kier molecular flexibility index (Phi) is 2.87. The zero-order chi connectivity index (χ0) is 12.7. The van der Waals surface area contributed by atoms with E-state index in [1.54, 1.807) is 6.07 Å². The van der Waals surface area contributed by atoms with Gasteiger partial charge in [0.15, 0.2) is 5.58 Å². The highest BCUT2D eigenvalue weighted by Gasteiger charge is 2.23. The number of hydrogen-bond donors (Lipinski definition) is 1. The molecule has 4 heteroatoms. The molecule has 0 radical (unpaired) electrons. The van der Waals surface area contributed by atoms with E-state index in [0.29, 0.717) is 16.2 Å². The molecule has 0 fully saturated rings. The van der Waals surface area contributed by atoms with Crippen LogP contribution in [0.25, 0.3) is 11.0 Å². The van der Waals surface area contributed by atoms with Crippen LogP contribution < -0.4 is 0 Å². The Morgan fingerprint density at radius 3 is 2.59 bits per heavy atom. The number of carboxylic acid groups (broad SMARTS) is 1. The molecule has 1 aromatic heterocycles. The molecule has 0 aliphatic rings. The molecule has 1 heterocycles. The van der Waals surface area contributed by atoms with Gasteiger partial charge in [-0.1, -0.05) is 25.4 Å². The van der Waals surface area contributed by atoms with Gasteiger partial charge in [-0.05, 0) is 30.5 Å². The second-order valence-corrected chi connectivity index (χ2v) is 4.84. The van der Waals surface area contributed by atoms with Crippen LogP contribution in [0, 0.1) is 6.92 Å². The van der Waals surface area contributed by atoms with Crippen molar-refractivity contribution in [1.29, 1.82) is 0 Å². The van der Waals surface area contributed by atoms with E-state index < -0.39 is 5.97 Å². The van der Waals surface area contributed by atoms with Crippen LogP contribution in [0.3, 0.4) is 0 Å². The van der Waals surface area contributed by atoms with Crippen LogP contribution in [-0.4, -0.2) is 11.1 Å². The van der Waals surface area contributed by atoms with Crippen molar-refractivity contribution >= 4 is 28.5 Å². The SMILES string of the molecule is Cc1cc(Cl)c2oc(C(=O)O)c(C(C)C)c2c1. The third kappa shape index (κ3) is 1.91. The largest absolute Gasteiger partial charge is 0.475 e. The zero-order valence-corrected chi connectivity index (χ0v) is 10.6. The minimum atomic E-state index is -1.06. The van der Waals surface area contributed by atoms with Gasteiger partial charge in [0.05, 0.1) is 5.02 Å². The van der Waals surface area contributed by atoms with E-state index in [2.05, 4.69) is 0 Å². The molecule has 90 valence electrons. The molecule has 0 spiro atoms. The van der Waals surface area contributed by atoms with E-state index in [9.17, 15) is 4.79 Å². The second kappa shape index (κ2) is 4.08. The fraction of sp³-hybridized carbons (Fsp3) is 0.308. The molecule has 3 nitrogen and oxygen atoms in total. The van der Waals surface area contributed by atoms with Crippen molar-refractivity contribution in [3.63, 3.8) is 0 Å². The van der Waals surface area contributed by atoms with Crippen molar-refractivity contribution in [3.05, 3.63) is 34.0 Å². The van der Waals surface area contributed by atoms with Crippen molar-refractivity contribution in [3.8, 4) is 0 Å². The van der Waals surface area contributed by atoms with Gasteiger partial charge in [0.25, 0.3) is 0 Å². The van der Waals surface area contributed by atoms with Gasteiger partial charge in [-0.2, -0.15) is 0 Å². The Morgan fingerprint density at radius 1 is 1.41 bits per heavy atom. The van der Waals surface area contributed by atoms with Crippen molar-refractivity contribution in [1.82, 2.24) is 0 Å². The molecular weight excluding hydrogens is 240 g/mol. The topological polar surface area (TPSA) is 50.4 Å². The van der Waals surface area contributed by atoms with E-state index in [1.165, 1.54) is 0 Å². The fourth-order valence-corrected chi connectivity index (χ4v) is 2.36. The van der Waals surface area contributed by atoms with E-state index in [-0.39, 0.29) is 11.7 Å². The number of hydrogen-bond acceptors (Lipinski definition) is 2. The molecule has 1 aromatic carbocycles. The molecule has 1 N–H and O–H groups in total. The molecule has 0 bridgehead atoms. The van der Waals surface area contributed by atoms with Crippen molar-refractivity contribution in [2.75, 3.05) is 0 Å². The van der Waals surface area contributed by atoms with E-state index >= 15 is 0 Å². The second-order valence-electron chi connectivity index (χ2n) is 4.43. The predicted octanol–water partition coefficient (Wildman–Crippen LogP) is 4.22. The van der Waals surface area contributed by atoms with E-state index in [4.69, 9.17) is 21.1 Å². The average molecular weight is 253 g/mol. The Labute approximate surface area is 104 Å². The Bertz CT molecular complexity index is 596. The van der Waals surface area contributed by atoms with Crippen LogP contribution in [0.4, 0.5) is 0 Å². The van der Waals surface area contributed by atoms with Gasteiger partial charge in [-0.15, -0.1) is 0 Å². The lowest BCUT2D eigenvalue weighted by molar-refractivity contribution is 0.0663. The third-order valence-corrected chi connectivity index (χ3v) is 2.98. The summed E-state index contributed by atoms with van der Waals surface area (Å²) in [5.74, 6) is -0.999. The maximum Gasteiger partial charge on any atom is 0.372 e. The molecule has 0 aliphatic carbocycles. The average Bonchev–Trinajstić information content (AvgIpc) is 2.56. The van der Waals surface area contributed by atoms with Crippen molar-refractivity contribution in [2.24, 2.45) is 0 Å². The fourth-order valence-electron chi connectivity index (χ4n) is 2.04. The first-order valence-corrected chi connectivity index (χ1v) is 5.75. The Balaban J connectivity index is 2.90. The standard InChI is InChI=1S/C13H13ClO3/c1-6(2)10-8-4-7(3)5-9(14)11(8)17-12(10)13(15)16/h4-6H,1-3H3,(H,15,16). The van der Waals surface area contributed by atoms with Gasteiger partial charge in [0.2, 0.25) is 5.76 Å². The van der Waals surface area contributed by atoms with Crippen LogP contribution in [0.5, 0.6) is 0 Å². The number of halogens is 1.